The molecule has 0 bridgehead atoms. The van der Waals surface area contributed by atoms with Gasteiger partial charge < -0.3 is 15.0 Å². The maximum atomic E-state index is 13.7. The van der Waals surface area contributed by atoms with Crippen LogP contribution in [0.3, 0.4) is 0 Å². The highest BCUT2D eigenvalue weighted by Crippen LogP contribution is 2.25. The summed E-state index contributed by atoms with van der Waals surface area (Å²) in [6.45, 7) is -0.0419. The van der Waals surface area contributed by atoms with E-state index >= 15 is 0 Å². The molecule has 0 aliphatic heterocycles. The van der Waals surface area contributed by atoms with Crippen LogP contribution in [0, 0.1) is 0 Å². The van der Waals surface area contributed by atoms with Gasteiger partial charge in [-0.15, -0.1) is 0 Å². The minimum absolute atomic E-state index is 0.132. The van der Waals surface area contributed by atoms with Gasteiger partial charge in [-0.3, -0.25) is 9.59 Å². The molecule has 0 heterocycles. The molecule has 5 nitrogen and oxygen atoms in total. The summed E-state index contributed by atoms with van der Waals surface area (Å²) in [7, 11) is 0. The minimum atomic E-state index is -0.730. The van der Waals surface area contributed by atoms with Crippen LogP contribution >= 0.6 is 23.2 Å². The van der Waals surface area contributed by atoms with Crippen LogP contribution in [0.15, 0.2) is 78.9 Å². The van der Waals surface area contributed by atoms with Crippen molar-refractivity contribution in [3.05, 3.63) is 100 Å². The number of para-hydroxylation sites is 1. The molecule has 3 aromatic carbocycles. The van der Waals surface area contributed by atoms with E-state index in [1.165, 1.54) is 0 Å². The third-order valence-corrected chi connectivity index (χ3v) is 7.02. The lowest BCUT2D eigenvalue weighted by molar-refractivity contribution is -0.143. The van der Waals surface area contributed by atoms with E-state index in [2.05, 4.69) is 5.32 Å². The monoisotopic (exact) mass is 524 g/mol. The number of hydrogen-bond acceptors (Lipinski definition) is 3. The molecule has 1 atom stereocenters. The summed E-state index contributed by atoms with van der Waals surface area (Å²) < 4.78 is 5.77. The molecule has 0 radical (unpaired) electrons. The first-order valence-corrected chi connectivity index (χ1v) is 13.0. The quantitative estimate of drug-likeness (QED) is 0.350. The molecule has 0 unspecified atom stereocenters. The molecule has 1 saturated carbocycles. The Morgan fingerprint density at radius 2 is 1.61 bits per heavy atom. The van der Waals surface area contributed by atoms with Crippen molar-refractivity contribution in [3.8, 4) is 5.75 Å². The molecule has 4 rings (SSSR count). The highest BCUT2D eigenvalue weighted by Gasteiger charge is 2.32. The van der Waals surface area contributed by atoms with Crippen molar-refractivity contribution in [2.24, 2.45) is 0 Å². The molecular weight excluding hydrogens is 495 g/mol. The zero-order chi connectivity index (χ0) is 25.3. The molecule has 7 heteroatoms. The first-order valence-electron chi connectivity index (χ1n) is 12.2. The van der Waals surface area contributed by atoms with Crippen LogP contribution in [0.2, 0.25) is 10.0 Å². The zero-order valence-electron chi connectivity index (χ0n) is 20.0. The minimum Gasteiger partial charge on any atom is -0.484 e. The van der Waals surface area contributed by atoms with E-state index in [0.29, 0.717) is 27.8 Å². The molecule has 2 amide bonds. The Bertz CT molecular complexity index is 1150. The van der Waals surface area contributed by atoms with Crippen molar-refractivity contribution < 1.29 is 14.3 Å². The number of carbonyl (C=O) groups excluding carboxylic acids is 2. The summed E-state index contributed by atoms with van der Waals surface area (Å²) in [6.07, 6.45) is 4.49. The molecule has 3 aromatic rings. The van der Waals surface area contributed by atoms with E-state index < -0.39 is 6.04 Å². The molecule has 1 N–H and O–H groups in total. The van der Waals surface area contributed by atoms with E-state index in [9.17, 15) is 9.59 Å². The molecule has 0 aromatic heterocycles. The Morgan fingerprint density at radius 3 is 2.28 bits per heavy atom. The summed E-state index contributed by atoms with van der Waals surface area (Å²) in [6, 6.07) is 23.5. The Balaban J connectivity index is 1.63. The third kappa shape index (κ3) is 7.25. The van der Waals surface area contributed by atoms with Crippen LogP contribution in [0.4, 0.5) is 0 Å². The SMILES string of the molecule is O=C(NC1CCCC1)[C@@H](Cc1ccccc1)N(Cc1ccc(Cl)cc1Cl)C(=O)COc1ccccc1. The second kappa shape index (κ2) is 12.8. The van der Waals surface area contributed by atoms with Gasteiger partial charge in [0.2, 0.25) is 5.91 Å². The maximum Gasteiger partial charge on any atom is 0.261 e. The van der Waals surface area contributed by atoms with Gasteiger partial charge in [-0.05, 0) is 48.2 Å². The number of halogens is 2. The van der Waals surface area contributed by atoms with E-state index in [1.54, 1.807) is 35.2 Å². The molecule has 1 fully saturated rings. The first-order chi connectivity index (χ1) is 17.5. The Kier molecular flexibility index (Phi) is 9.26. The fraction of sp³-hybridized carbons (Fsp3) is 0.310. The maximum absolute atomic E-state index is 13.7. The molecule has 1 aliphatic carbocycles. The van der Waals surface area contributed by atoms with Gasteiger partial charge in [0.1, 0.15) is 11.8 Å². The van der Waals surface area contributed by atoms with Gasteiger partial charge in [0, 0.05) is 29.1 Å². The second-order valence-electron chi connectivity index (χ2n) is 9.05. The number of rotatable bonds is 10. The van der Waals surface area contributed by atoms with Crippen LogP contribution in [0.1, 0.15) is 36.8 Å². The van der Waals surface area contributed by atoms with Gasteiger partial charge >= 0.3 is 0 Å². The van der Waals surface area contributed by atoms with E-state index in [4.69, 9.17) is 27.9 Å². The van der Waals surface area contributed by atoms with Crippen molar-refractivity contribution in [3.63, 3.8) is 0 Å². The number of benzene rings is 3. The topological polar surface area (TPSA) is 58.6 Å². The van der Waals surface area contributed by atoms with Gasteiger partial charge in [0.05, 0.1) is 0 Å². The van der Waals surface area contributed by atoms with Crippen molar-refractivity contribution in [2.45, 2.75) is 50.7 Å². The normalized spacial score (nSPS) is 14.3. The van der Waals surface area contributed by atoms with Gasteiger partial charge in [-0.1, -0.05) is 90.6 Å². The zero-order valence-corrected chi connectivity index (χ0v) is 21.5. The van der Waals surface area contributed by atoms with Gasteiger partial charge in [-0.25, -0.2) is 0 Å². The number of nitrogens with zero attached hydrogens (tertiary/aromatic N) is 1. The average molecular weight is 525 g/mol. The Hall–Kier alpha value is -3.02. The van der Waals surface area contributed by atoms with Gasteiger partial charge in [0.15, 0.2) is 6.61 Å². The predicted octanol–water partition coefficient (Wildman–Crippen LogP) is 6.07. The number of ether oxygens (including phenoxy) is 1. The number of hydrogen-bond donors (Lipinski definition) is 1. The number of amides is 2. The highest BCUT2D eigenvalue weighted by molar-refractivity contribution is 6.35. The highest BCUT2D eigenvalue weighted by atomic mass is 35.5. The summed E-state index contributed by atoms with van der Waals surface area (Å²) in [5.41, 5.74) is 1.67. The predicted molar refractivity (Wildman–Crippen MR) is 143 cm³/mol. The summed E-state index contributed by atoms with van der Waals surface area (Å²) in [5.74, 6) is 0.126. The molecule has 0 saturated heterocycles. The van der Waals surface area contributed by atoms with E-state index in [0.717, 1.165) is 31.2 Å². The van der Waals surface area contributed by atoms with Crippen molar-refractivity contribution in [1.82, 2.24) is 10.2 Å². The second-order valence-corrected chi connectivity index (χ2v) is 9.90. The lowest BCUT2D eigenvalue weighted by Crippen LogP contribution is -2.53. The summed E-state index contributed by atoms with van der Waals surface area (Å²) >= 11 is 12.6. The van der Waals surface area contributed by atoms with Crippen molar-refractivity contribution >= 4 is 35.0 Å². The lowest BCUT2D eigenvalue weighted by atomic mass is 10.0. The molecule has 36 heavy (non-hydrogen) atoms. The summed E-state index contributed by atoms with van der Waals surface area (Å²) in [4.78, 5) is 28.9. The lowest BCUT2D eigenvalue weighted by Gasteiger charge is -2.32. The largest absolute Gasteiger partial charge is 0.484 e. The van der Waals surface area contributed by atoms with Gasteiger partial charge in [0.25, 0.3) is 5.91 Å². The molecular formula is C29H30Cl2N2O3. The number of nitrogens with one attached hydrogen (secondary N) is 1. The molecule has 1 aliphatic rings. The van der Waals surface area contributed by atoms with Gasteiger partial charge in [-0.2, -0.15) is 0 Å². The fourth-order valence-corrected chi connectivity index (χ4v) is 4.97. The van der Waals surface area contributed by atoms with Crippen LogP contribution < -0.4 is 10.1 Å². The standard InChI is InChI=1S/C29H30Cl2N2O3/c30-23-16-15-22(26(31)18-23)19-33(28(34)20-36-25-13-5-2-6-14-25)27(17-21-9-3-1-4-10-21)29(35)32-24-11-7-8-12-24/h1-6,9-10,13-16,18,24,27H,7-8,11-12,17,19-20H2,(H,32,35)/t27-/m1/s1. The van der Waals surface area contributed by atoms with Crippen LogP contribution in [0.25, 0.3) is 0 Å². The summed E-state index contributed by atoms with van der Waals surface area (Å²) in [5, 5.41) is 4.14. The van der Waals surface area contributed by atoms with Crippen LogP contribution in [0.5, 0.6) is 5.75 Å². The van der Waals surface area contributed by atoms with Crippen LogP contribution in [-0.2, 0) is 22.6 Å². The third-order valence-electron chi connectivity index (χ3n) is 6.43. The first kappa shape index (κ1) is 26.1. The van der Waals surface area contributed by atoms with Crippen molar-refractivity contribution in [2.75, 3.05) is 6.61 Å². The van der Waals surface area contributed by atoms with Crippen LogP contribution in [-0.4, -0.2) is 35.4 Å². The molecule has 188 valence electrons. The Morgan fingerprint density at radius 1 is 0.944 bits per heavy atom. The van der Waals surface area contributed by atoms with Crippen molar-refractivity contribution in [1.29, 1.82) is 0 Å². The van der Waals surface area contributed by atoms with E-state index in [-0.39, 0.29) is 31.0 Å². The average Bonchev–Trinajstić information content (AvgIpc) is 3.40. The van der Waals surface area contributed by atoms with E-state index in [1.807, 2.05) is 48.5 Å². The molecule has 0 spiro atoms. The Labute approximate surface area is 222 Å². The number of carbonyl (C=O) groups is 2. The smallest absolute Gasteiger partial charge is 0.261 e. The fourth-order valence-electron chi connectivity index (χ4n) is 4.50.